The SMILES string of the molecule is O=C(Cc1cccc2ccccc12)Nc1ccc2c(c1)CCCN2C(=O)c1cccs1. The van der Waals surface area contributed by atoms with Gasteiger partial charge in [-0.15, -0.1) is 11.3 Å². The van der Waals surface area contributed by atoms with Gasteiger partial charge in [0.2, 0.25) is 5.91 Å². The molecule has 2 heterocycles. The molecule has 1 N–H and O–H groups in total. The van der Waals surface area contributed by atoms with Crippen LogP contribution in [0.15, 0.2) is 78.2 Å². The Labute approximate surface area is 185 Å². The summed E-state index contributed by atoms with van der Waals surface area (Å²) >= 11 is 1.46. The number of fused-ring (bicyclic) bond motifs is 2. The van der Waals surface area contributed by atoms with E-state index in [1.165, 1.54) is 11.3 Å². The van der Waals surface area contributed by atoms with Gasteiger partial charge in [0.05, 0.1) is 11.3 Å². The predicted molar refractivity (Wildman–Crippen MR) is 127 cm³/mol. The van der Waals surface area contributed by atoms with Crippen molar-refractivity contribution in [2.75, 3.05) is 16.8 Å². The molecule has 5 heteroatoms. The molecule has 154 valence electrons. The highest BCUT2D eigenvalue weighted by Gasteiger charge is 2.24. The molecule has 0 bridgehead atoms. The van der Waals surface area contributed by atoms with E-state index in [0.717, 1.165) is 57.5 Å². The van der Waals surface area contributed by atoms with Gasteiger partial charge in [-0.2, -0.15) is 0 Å². The molecule has 0 radical (unpaired) electrons. The van der Waals surface area contributed by atoms with Crippen molar-refractivity contribution in [3.8, 4) is 0 Å². The molecular formula is C26H22N2O2S. The van der Waals surface area contributed by atoms with E-state index in [1.807, 2.05) is 64.9 Å². The number of thiophene rings is 1. The number of carbonyl (C=O) groups excluding carboxylic acids is 2. The van der Waals surface area contributed by atoms with Crippen molar-refractivity contribution in [1.29, 1.82) is 0 Å². The molecule has 0 aliphatic carbocycles. The fraction of sp³-hybridized carbons (Fsp3) is 0.154. The number of amides is 2. The minimum Gasteiger partial charge on any atom is -0.326 e. The molecule has 0 saturated carbocycles. The number of carbonyl (C=O) groups is 2. The van der Waals surface area contributed by atoms with Gasteiger partial charge in [0.25, 0.3) is 5.91 Å². The lowest BCUT2D eigenvalue weighted by Crippen LogP contribution is -2.35. The zero-order valence-corrected chi connectivity index (χ0v) is 17.8. The average Bonchev–Trinajstić information content (AvgIpc) is 3.33. The number of anilines is 2. The van der Waals surface area contributed by atoms with Gasteiger partial charge in [-0.05, 0) is 64.4 Å². The molecule has 4 nitrogen and oxygen atoms in total. The molecule has 2 amide bonds. The summed E-state index contributed by atoms with van der Waals surface area (Å²) in [5.74, 6) is 0.00215. The summed E-state index contributed by atoms with van der Waals surface area (Å²) < 4.78 is 0. The van der Waals surface area contributed by atoms with Crippen LogP contribution >= 0.6 is 11.3 Å². The Morgan fingerprint density at radius 3 is 2.71 bits per heavy atom. The first-order chi connectivity index (χ1) is 15.2. The standard InChI is InChI=1S/C26H22N2O2S/c29-25(17-19-8-3-7-18-6-1-2-10-22(18)19)27-21-12-13-23-20(16-21)9-4-14-28(23)26(30)24-11-5-15-31-24/h1-3,5-8,10-13,15-16H,4,9,14,17H2,(H,27,29). The van der Waals surface area contributed by atoms with Crippen LogP contribution in [-0.4, -0.2) is 18.4 Å². The number of hydrogen-bond donors (Lipinski definition) is 1. The highest BCUT2D eigenvalue weighted by atomic mass is 32.1. The van der Waals surface area contributed by atoms with Gasteiger partial charge in [0.15, 0.2) is 0 Å². The highest BCUT2D eigenvalue weighted by Crippen LogP contribution is 2.31. The summed E-state index contributed by atoms with van der Waals surface area (Å²) in [5.41, 5.74) is 3.83. The van der Waals surface area contributed by atoms with E-state index >= 15 is 0 Å². The average molecular weight is 427 g/mol. The van der Waals surface area contributed by atoms with Crippen LogP contribution < -0.4 is 10.2 Å². The molecule has 31 heavy (non-hydrogen) atoms. The maximum absolute atomic E-state index is 12.9. The summed E-state index contributed by atoms with van der Waals surface area (Å²) in [6.45, 7) is 0.719. The Hall–Kier alpha value is -3.44. The zero-order chi connectivity index (χ0) is 21.2. The lowest BCUT2D eigenvalue weighted by atomic mass is 10.00. The number of nitrogens with zero attached hydrogens (tertiary/aromatic N) is 1. The Bertz CT molecular complexity index is 1260. The van der Waals surface area contributed by atoms with E-state index < -0.39 is 0 Å². The first-order valence-corrected chi connectivity index (χ1v) is 11.3. The van der Waals surface area contributed by atoms with E-state index in [-0.39, 0.29) is 11.8 Å². The second-order valence-electron chi connectivity index (χ2n) is 7.74. The third-order valence-electron chi connectivity index (χ3n) is 5.69. The molecule has 1 aliphatic rings. The minimum absolute atomic E-state index is 0.0429. The van der Waals surface area contributed by atoms with Crippen molar-refractivity contribution < 1.29 is 9.59 Å². The van der Waals surface area contributed by atoms with Crippen molar-refractivity contribution >= 4 is 45.3 Å². The first kappa shape index (κ1) is 19.5. The number of aryl methyl sites for hydroxylation is 1. The quantitative estimate of drug-likeness (QED) is 0.457. The molecule has 4 aromatic rings. The summed E-state index contributed by atoms with van der Waals surface area (Å²) in [4.78, 5) is 28.2. The van der Waals surface area contributed by atoms with Gasteiger partial charge in [-0.1, -0.05) is 48.5 Å². The highest BCUT2D eigenvalue weighted by molar-refractivity contribution is 7.12. The minimum atomic E-state index is -0.0429. The second-order valence-corrected chi connectivity index (χ2v) is 8.69. The molecule has 0 spiro atoms. The van der Waals surface area contributed by atoms with Crippen LogP contribution in [-0.2, 0) is 17.6 Å². The van der Waals surface area contributed by atoms with Crippen LogP contribution in [0.5, 0.6) is 0 Å². The summed E-state index contributed by atoms with van der Waals surface area (Å²) in [7, 11) is 0. The smallest absolute Gasteiger partial charge is 0.268 e. The third kappa shape index (κ3) is 3.97. The largest absolute Gasteiger partial charge is 0.326 e. The van der Waals surface area contributed by atoms with E-state index in [9.17, 15) is 9.59 Å². The normalized spacial score (nSPS) is 13.1. The molecule has 1 aromatic heterocycles. The summed E-state index contributed by atoms with van der Waals surface area (Å²) in [5, 5.41) is 7.20. The predicted octanol–water partition coefficient (Wildman–Crippen LogP) is 5.68. The van der Waals surface area contributed by atoms with Gasteiger partial charge in [-0.3, -0.25) is 9.59 Å². The van der Waals surface area contributed by atoms with Gasteiger partial charge >= 0.3 is 0 Å². The van der Waals surface area contributed by atoms with Crippen LogP contribution in [0.1, 0.15) is 27.2 Å². The molecule has 1 aliphatic heterocycles. The van der Waals surface area contributed by atoms with Gasteiger partial charge in [0.1, 0.15) is 0 Å². The Morgan fingerprint density at radius 1 is 0.968 bits per heavy atom. The third-order valence-corrected chi connectivity index (χ3v) is 6.55. The Balaban J connectivity index is 1.34. The van der Waals surface area contributed by atoms with Crippen LogP contribution in [0.4, 0.5) is 11.4 Å². The molecule has 0 atom stereocenters. The maximum Gasteiger partial charge on any atom is 0.268 e. The number of rotatable bonds is 4. The Morgan fingerprint density at radius 2 is 1.84 bits per heavy atom. The van der Waals surface area contributed by atoms with Crippen molar-refractivity contribution in [3.63, 3.8) is 0 Å². The second kappa shape index (κ2) is 8.36. The zero-order valence-electron chi connectivity index (χ0n) is 17.0. The van der Waals surface area contributed by atoms with E-state index in [1.54, 1.807) is 0 Å². The molecule has 3 aromatic carbocycles. The number of benzene rings is 3. The van der Waals surface area contributed by atoms with Crippen LogP contribution in [0.25, 0.3) is 10.8 Å². The summed E-state index contributed by atoms with van der Waals surface area (Å²) in [6.07, 6.45) is 2.13. The monoisotopic (exact) mass is 426 g/mol. The lowest BCUT2D eigenvalue weighted by molar-refractivity contribution is -0.115. The van der Waals surface area contributed by atoms with E-state index in [4.69, 9.17) is 0 Å². The molecule has 0 unspecified atom stereocenters. The van der Waals surface area contributed by atoms with E-state index in [0.29, 0.717) is 6.42 Å². The van der Waals surface area contributed by atoms with E-state index in [2.05, 4.69) is 23.5 Å². The first-order valence-electron chi connectivity index (χ1n) is 10.4. The van der Waals surface area contributed by atoms with Gasteiger partial charge < -0.3 is 10.2 Å². The topological polar surface area (TPSA) is 49.4 Å². The van der Waals surface area contributed by atoms with Crippen LogP contribution in [0.3, 0.4) is 0 Å². The summed E-state index contributed by atoms with van der Waals surface area (Å²) in [6, 6.07) is 23.8. The fourth-order valence-corrected chi connectivity index (χ4v) is 4.92. The van der Waals surface area contributed by atoms with Crippen molar-refractivity contribution in [1.82, 2.24) is 0 Å². The number of nitrogens with one attached hydrogen (secondary N) is 1. The molecule has 5 rings (SSSR count). The van der Waals surface area contributed by atoms with Crippen molar-refractivity contribution in [2.45, 2.75) is 19.3 Å². The molecular weight excluding hydrogens is 404 g/mol. The number of hydrogen-bond acceptors (Lipinski definition) is 3. The van der Waals surface area contributed by atoms with Crippen molar-refractivity contribution in [3.05, 3.63) is 94.2 Å². The fourth-order valence-electron chi connectivity index (χ4n) is 4.24. The lowest BCUT2D eigenvalue weighted by Gasteiger charge is -2.29. The van der Waals surface area contributed by atoms with Gasteiger partial charge in [-0.25, -0.2) is 0 Å². The van der Waals surface area contributed by atoms with Crippen LogP contribution in [0.2, 0.25) is 0 Å². The molecule has 0 fully saturated rings. The van der Waals surface area contributed by atoms with Crippen LogP contribution in [0, 0.1) is 0 Å². The van der Waals surface area contributed by atoms with Gasteiger partial charge in [0, 0.05) is 17.9 Å². The Kier molecular flexibility index (Phi) is 5.26. The molecule has 0 saturated heterocycles. The van der Waals surface area contributed by atoms with Crippen molar-refractivity contribution in [2.24, 2.45) is 0 Å². The maximum atomic E-state index is 12.9.